The van der Waals surface area contributed by atoms with Gasteiger partial charge in [-0.1, -0.05) is 75.6 Å². The molecule has 2 aromatic carbocycles. The van der Waals surface area contributed by atoms with Crippen molar-refractivity contribution in [2.45, 2.75) is 83.8 Å². The van der Waals surface area contributed by atoms with Gasteiger partial charge in [0.1, 0.15) is 23.5 Å². The summed E-state index contributed by atoms with van der Waals surface area (Å²) < 4.78 is 17.0. The monoisotopic (exact) mass is 563 g/mol. The molecule has 1 amide bonds. The second-order valence-corrected chi connectivity index (χ2v) is 10.3. The van der Waals surface area contributed by atoms with E-state index in [2.05, 4.69) is 11.9 Å². The number of hydrogen-bond acceptors (Lipinski definition) is 7. The number of allylic oxidation sites excluding steroid dienone is 2. The van der Waals surface area contributed by atoms with Gasteiger partial charge in [0.15, 0.2) is 0 Å². The molecule has 0 saturated carbocycles. The molecule has 8 heteroatoms. The highest BCUT2D eigenvalue weighted by Crippen LogP contribution is 2.28. The zero-order valence-corrected chi connectivity index (χ0v) is 24.0. The number of benzene rings is 2. The summed E-state index contributed by atoms with van der Waals surface area (Å²) in [5, 5.41) is 10.5. The van der Waals surface area contributed by atoms with Crippen molar-refractivity contribution in [3.63, 3.8) is 0 Å². The number of unbranched alkanes of at least 4 members (excludes halogenated alkanes) is 3. The van der Waals surface area contributed by atoms with Gasteiger partial charge in [-0.25, -0.2) is 14.4 Å². The van der Waals surface area contributed by atoms with Crippen molar-refractivity contribution in [2.75, 3.05) is 6.61 Å². The second kappa shape index (κ2) is 17.0. The Hall–Kier alpha value is -3.94. The Labute approximate surface area is 242 Å². The number of nitrogens with zero attached hydrogens (tertiary/aromatic N) is 1. The van der Waals surface area contributed by atoms with Gasteiger partial charge in [-0.3, -0.25) is 0 Å². The molecule has 0 bridgehead atoms. The molecule has 1 aliphatic heterocycles. The number of aliphatic imine (C=N–C) groups is 1. The summed E-state index contributed by atoms with van der Waals surface area (Å²) in [7, 11) is 0. The molecule has 0 radical (unpaired) electrons. The minimum Gasteiger partial charge on any atom is -0.507 e. The zero-order valence-electron chi connectivity index (χ0n) is 24.0. The van der Waals surface area contributed by atoms with Crippen LogP contribution in [0.25, 0.3) is 0 Å². The minimum absolute atomic E-state index is 0.0560. The predicted molar refractivity (Wildman–Crippen MR) is 157 cm³/mol. The number of ether oxygens (including phenoxy) is 3. The largest absolute Gasteiger partial charge is 0.507 e. The number of hydrogen-bond donors (Lipinski definition) is 1. The summed E-state index contributed by atoms with van der Waals surface area (Å²) >= 11 is 0. The van der Waals surface area contributed by atoms with Crippen molar-refractivity contribution < 1.29 is 33.7 Å². The van der Waals surface area contributed by atoms with E-state index in [0.717, 1.165) is 25.7 Å². The number of carbonyl (C=O) groups is 3. The lowest BCUT2D eigenvalue weighted by molar-refractivity contribution is -0.0147. The summed E-state index contributed by atoms with van der Waals surface area (Å²) in [5.74, 6) is -1.31. The third kappa shape index (κ3) is 10.5. The molecule has 1 N–H and O–H groups in total. The summed E-state index contributed by atoms with van der Waals surface area (Å²) in [5.41, 5.74) is 1.22. The van der Waals surface area contributed by atoms with Crippen LogP contribution in [-0.4, -0.2) is 48.2 Å². The van der Waals surface area contributed by atoms with Crippen LogP contribution in [0.4, 0.5) is 4.79 Å². The third-order valence-electron chi connectivity index (χ3n) is 7.05. The molecule has 0 saturated heterocycles. The lowest BCUT2D eigenvalue weighted by Crippen LogP contribution is -2.32. The van der Waals surface area contributed by atoms with Crippen molar-refractivity contribution in [3.8, 4) is 5.75 Å². The summed E-state index contributed by atoms with van der Waals surface area (Å²) in [6.07, 6.45) is 9.57. The molecule has 3 rings (SSSR count). The maximum Gasteiger partial charge on any atom is 0.433 e. The van der Waals surface area contributed by atoms with Crippen LogP contribution in [0.3, 0.4) is 0 Å². The Kier molecular flexibility index (Phi) is 13.1. The quantitative estimate of drug-likeness (QED) is 0.107. The van der Waals surface area contributed by atoms with Crippen LogP contribution >= 0.6 is 0 Å². The molecule has 41 heavy (non-hydrogen) atoms. The number of esters is 2. The molecule has 3 unspecified atom stereocenters. The van der Waals surface area contributed by atoms with Gasteiger partial charge in [0.25, 0.3) is 0 Å². The highest BCUT2D eigenvalue weighted by atomic mass is 16.6. The Morgan fingerprint density at radius 2 is 1.88 bits per heavy atom. The molecular weight excluding hydrogens is 522 g/mol. The number of rotatable bonds is 10. The van der Waals surface area contributed by atoms with Gasteiger partial charge in [-0.15, -0.1) is 0 Å². The fraction of sp³-hybridized carbons (Fsp3) is 0.455. The van der Waals surface area contributed by atoms with E-state index in [1.54, 1.807) is 36.4 Å². The van der Waals surface area contributed by atoms with Crippen molar-refractivity contribution >= 4 is 24.2 Å². The maximum atomic E-state index is 13.3. The number of fused-ring (bicyclic) bond motifs is 1. The molecule has 0 aliphatic carbocycles. The van der Waals surface area contributed by atoms with Gasteiger partial charge in [-0.05, 0) is 61.8 Å². The van der Waals surface area contributed by atoms with E-state index in [0.29, 0.717) is 43.4 Å². The van der Waals surface area contributed by atoms with Crippen LogP contribution in [-0.2, 0) is 20.6 Å². The van der Waals surface area contributed by atoms with E-state index in [-0.39, 0.29) is 23.7 Å². The molecule has 3 atom stereocenters. The van der Waals surface area contributed by atoms with Crippen LogP contribution in [0, 0.1) is 5.92 Å². The first-order valence-corrected chi connectivity index (χ1v) is 14.5. The topological polar surface area (TPSA) is 111 Å². The van der Waals surface area contributed by atoms with Crippen molar-refractivity contribution in [2.24, 2.45) is 10.9 Å². The van der Waals surface area contributed by atoms with Crippen molar-refractivity contribution in [3.05, 3.63) is 77.4 Å². The van der Waals surface area contributed by atoms with Gasteiger partial charge in [0, 0.05) is 12.6 Å². The first-order valence-electron chi connectivity index (χ1n) is 14.5. The molecule has 220 valence electrons. The highest BCUT2D eigenvalue weighted by Gasteiger charge is 2.29. The van der Waals surface area contributed by atoms with Crippen LogP contribution in [0.2, 0.25) is 0 Å². The summed E-state index contributed by atoms with van der Waals surface area (Å²) in [4.78, 5) is 42.1. The molecule has 1 aliphatic rings. The Balaban J connectivity index is 1.75. The van der Waals surface area contributed by atoms with E-state index < -0.39 is 30.2 Å². The van der Waals surface area contributed by atoms with Crippen molar-refractivity contribution in [1.82, 2.24) is 0 Å². The normalized spacial score (nSPS) is 19.5. The highest BCUT2D eigenvalue weighted by molar-refractivity contribution is 5.94. The molecule has 1 heterocycles. The Bertz CT molecular complexity index is 1190. The van der Waals surface area contributed by atoms with Crippen LogP contribution in [0.15, 0.2) is 65.7 Å². The number of aromatic hydroxyl groups is 1. The minimum atomic E-state index is -0.661. The van der Waals surface area contributed by atoms with Crippen LogP contribution in [0.1, 0.15) is 91.5 Å². The maximum absolute atomic E-state index is 13.3. The predicted octanol–water partition coefficient (Wildman–Crippen LogP) is 7.24. The third-order valence-corrected chi connectivity index (χ3v) is 7.05. The Morgan fingerprint density at radius 1 is 1.07 bits per heavy atom. The van der Waals surface area contributed by atoms with Gasteiger partial charge < -0.3 is 19.3 Å². The van der Waals surface area contributed by atoms with E-state index in [1.807, 2.05) is 25.1 Å². The van der Waals surface area contributed by atoms with Gasteiger partial charge in [0.2, 0.25) is 0 Å². The molecule has 2 aromatic rings. The van der Waals surface area contributed by atoms with Crippen molar-refractivity contribution in [1.29, 1.82) is 0 Å². The molecular formula is C33H41NO7. The molecule has 0 spiro atoms. The van der Waals surface area contributed by atoms with Gasteiger partial charge in [0.05, 0.1) is 12.2 Å². The first-order chi connectivity index (χ1) is 19.9. The van der Waals surface area contributed by atoms with E-state index >= 15 is 0 Å². The zero-order chi connectivity index (χ0) is 29.5. The number of phenols is 1. The molecule has 8 nitrogen and oxygen atoms in total. The number of amides is 1. The van der Waals surface area contributed by atoms with Crippen LogP contribution < -0.4 is 0 Å². The standard InChI is InChI=1S/C33H41NO7/c1-3-4-5-11-22-39-33(38)34-21-13-19-27-23-29(41-31(36)26-16-7-6-8-17-26)24(2)14-9-10-15-25-18-12-20-28(35)30(25)32(37)40-27/h6-10,12,16-18,20-21,24,27,29,35H,3-5,11,13-15,19,22-23H2,1-2H3. The first kappa shape index (κ1) is 31.6. The fourth-order valence-corrected chi connectivity index (χ4v) is 4.66. The number of carbonyl (C=O) groups excluding carboxylic acids is 3. The van der Waals surface area contributed by atoms with E-state index in [9.17, 15) is 19.5 Å². The van der Waals surface area contributed by atoms with E-state index in [4.69, 9.17) is 14.2 Å². The lowest BCUT2D eigenvalue weighted by Gasteiger charge is -2.28. The average molecular weight is 564 g/mol. The summed E-state index contributed by atoms with van der Waals surface area (Å²) in [6.45, 7) is 4.44. The van der Waals surface area contributed by atoms with Gasteiger partial charge >= 0.3 is 18.0 Å². The van der Waals surface area contributed by atoms with Gasteiger partial charge in [-0.2, -0.15) is 4.99 Å². The average Bonchev–Trinajstić information content (AvgIpc) is 2.96. The summed E-state index contributed by atoms with van der Waals surface area (Å²) in [6, 6.07) is 13.7. The fourth-order valence-electron chi connectivity index (χ4n) is 4.66. The molecule has 0 aromatic heterocycles. The SMILES string of the molecule is CCCCCCOC(=O)N=CCCC1CC(OC(=O)c2ccccc2)C(C)CC=CCc2cccc(O)c2C(=O)O1. The number of phenolic OH excluding ortho intramolecular Hbond substituents is 1. The smallest absolute Gasteiger partial charge is 0.433 e. The van der Waals surface area contributed by atoms with Crippen LogP contribution in [0.5, 0.6) is 5.75 Å². The number of cyclic esters (lactones) is 1. The molecule has 0 fully saturated rings. The Morgan fingerprint density at radius 3 is 2.66 bits per heavy atom. The van der Waals surface area contributed by atoms with E-state index in [1.165, 1.54) is 12.3 Å². The second-order valence-electron chi connectivity index (χ2n) is 10.3. The lowest BCUT2D eigenvalue weighted by atomic mass is 9.93.